The molecule has 5 heteroatoms. The van der Waals surface area contributed by atoms with E-state index in [1.807, 2.05) is 12.4 Å². The first kappa shape index (κ1) is 14.9. The van der Waals surface area contributed by atoms with Crippen LogP contribution in [-0.2, 0) is 11.3 Å². The molecule has 20 heavy (non-hydrogen) atoms. The number of piperidine rings is 1. The van der Waals surface area contributed by atoms with Gasteiger partial charge >= 0.3 is 0 Å². The van der Waals surface area contributed by atoms with Crippen LogP contribution in [0.25, 0.3) is 0 Å². The van der Waals surface area contributed by atoms with Crippen molar-refractivity contribution < 1.29 is 4.79 Å². The molecule has 1 saturated heterocycles. The third-order valence-electron chi connectivity index (χ3n) is 3.79. The molecular formula is C15H24N4O. The lowest BCUT2D eigenvalue weighted by Gasteiger charge is -2.35. The topological polar surface area (TPSA) is 71.2 Å². The molecule has 0 aromatic carbocycles. The molecule has 1 fully saturated rings. The average Bonchev–Trinajstić information content (AvgIpc) is 2.48. The van der Waals surface area contributed by atoms with Crippen molar-refractivity contribution in [3.05, 3.63) is 30.1 Å². The van der Waals surface area contributed by atoms with Gasteiger partial charge in [-0.1, -0.05) is 6.42 Å². The van der Waals surface area contributed by atoms with E-state index in [1.54, 1.807) is 0 Å². The van der Waals surface area contributed by atoms with Gasteiger partial charge in [-0.05, 0) is 37.1 Å². The van der Waals surface area contributed by atoms with Crippen LogP contribution in [0.2, 0.25) is 0 Å². The zero-order valence-electron chi connectivity index (χ0n) is 11.9. The van der Waals surface area contributed by atoms with E-state index in [2.05, 4.69) is 27.3 Å². The van der Waals surface area contributed by atoms with Gasteiger partial charge in [0.25, 0.3) is 0 Å². The summed E-state index contributed by atoms with van der Waals surface area (Å²) in [6.07, 6.45) is 7.70. The van der Waals surface area contributed by atoms with Crippen molar-refractivity contribution in [1.82, 2.24) is 15.2 Å². The molecule has 0 bridgehead atoms. The van der Waals surface area contributed by atoms with Crippen LogP contribution in [0.15, 0.2) is 24.5 Å². The molecule has 1 amide bonds. The summed E-state index contributed by atoms with van der Waals surface area (Å²) >= 11 is 0. The van der Waals surface area contributed by atoms with Crippen LogP contribution in [0.1, 0.15) is 31.2 Å². The minimum Gasteiger partial charge on any atom is -0.354 e. The first-order chi connectivity index (χ1) is 9.79. The molecule has 1 aliphatic rings. The fourth-order valence-corrected chi connectivity index (χ4v) is 2.67. The fourth-order valence-electron chi connectivity index (χ4n) is 2.67. The molecule has 2 heterocycles. The smallest absolute Gasteiger partial charge is 0.221 e. The summed E-state index contributed by atoms with van der Waals surface area (Å²) in [4.78, 5) is 18.0. The van der Waals surface area contributed by atoms with Gasteiger partial charge in [-0.3, -0.25) is 14.7 Å². The van der Waals surface area contributed by atoms with Crippen molar-refractivity contribution in [1.29, 1.82) is 0 Å². The number of hydrogen-bond donors (Lipinski definition) is 2. The van der Waals surface area contributed by atoms with Crippen LogP contribution in [0.5, 0.6) is 0 Å². The monoisotopic (exact) mass is 276 g/mol. The van der Waals surface area contributed by atoms with Crippen LogP contribution < -0.4 is 11.1 Å². The molecule has 1 aromatic heterocycles. The lowest BCUT2D eigenvalue weighted by atomic mass is 10.0. The molecule has 0 saturated carbocycles. The van der Waals surface area contributed by atoms with E-state index in [0.717, 1.165) is 26.1 Å². The van der Waals surface area contributed by atoms with Crippen LogP contribution in [0.3, 0.4) is 0 Å². The van der Waals surface area contributed by atoms with E-state index < -0.39 is 0 Å². The van der Waals surface area contributed by atoms with Crippen LogP contribution in [0, 0.1) is 0 Å². The van der Waals surface area contributed by atoms with Gasteiger partial charge in [0.15, 0.2) is 0 Å². The number of likely N-dealkylation sites (tertiary alicyclic amines) is 1. The normalized spacial score (nSPS) is 19.8. The van der Waals surface area contributed by atoms with Crippen molar-refractivity contribution in [3.63, 3.8) is 0 Å². The molecule has 0 spiro atoms. The molecule has 1 aromatic rings. The van der Waals surface area contributed by atoms with Gasteiger partial charge in [0.2, 0.25) is 5.91 Å². The number of pyridine rings is 1. The van der Waals surface area contributed by atoms with Crippen molar-refractivity contribution in [3.8, 4) is 0 Å². The lowest BCUT2D eigenvalue weighted by molar-refractivity contribution is -0.121. The highest BCUT2D eigenvalue weighted by Crippen LogP contribution is 2.19. The Labute approximate surface area is 120 Å². The Balaban J connectivity index is 1.86. The summed E-state index contributed by atoms with van der Waals surface area (Å²) in [5, 5.41) is 3.00. The fraction of sp³-hybridized carbons (Fsp3) is 0.600. The van der Waals surface area contributed by atoms with Gasteiger partial charge in [-0.25, -0.2) is 0 Å². The molecule has 1 aliphatic heterocycles. The number of nitrogens with two attached hydrogens (primary N) is 1. The van der Waals surface area contributed by atoms with Crippen molar-refractivity contribution >= 4 is 5.91 Å². The second kappa shape index (κ2) is 7.97. The quantitative estimate of drug-likeness (QED) is 0.810. The van der Waals surface area contributed by atoms with Crippen molar-refractivity contribution in [2.24, 2.45) is 5.73 Å². The number of hydrogen-bond acceptors (Lipinski definition) is 4. The molecule has 0 radical (unpaired) electrons. The molecule has 1 atom stereocenters. The third-order valence-corrected chi connectivity index (χ3v) is 3.79. The second-order valence-corrected chi connectivity index (χ2v) is 5.32. The number of nitrogens with one attached hydrogen (secondary N) is 1. The van der Waals surface area contributed by atoms with Crippen LogP contribution >= 0.6 is 0 Å². The van der Waals surface area contributed by atoms with Gasteiger partial charge in [0.05, 0.1) is 0 Å². The van der Waals surface area contributed by atoms with E-state index in [0.29, 0.717) is 19.0 Å². The first-order valence-corrected chi connectivity index (χ1v) is 7.39. The molecule has 0 aliphatic carbocycles. The number of carbonyl (C=O) groups excluding carboxylic acids is 1. The Bertz CT molecular complexity index is 410. The maximum Gasteiger partial charge on any atom is 0.221 e. The zero-order valence-corrected chi connectivity index (χ0v) is 11.9. The summed E-state index contributed by atoms with van der Waals surface area (Å²) in [6, 6.07) is 4.54. The molecule has 110 valence electrons. The number of carbonyl (C=O) groups is 1. The minimum absolute atomic E-state index is 0.0573. The molecule has 2 rings (SSSR count). The first-order valence-electron chi connectivity index (χ1n) is 7.39. The number of amides is 1. The van der Waals surface area contributed by atoms with Crippen LogP contribution in [0.4, 0.5) is 0 Å². The Morgan fingerprint density at radius 3 is 2.95 bits per heavy atom. The maximum atomic E-state index is 11.5. The molecule has 3 N–H and O–H groups in total. The summed E-state index contributed by atoms with van der Waals surface area (Å²) in [7, 11) is 0. The predicted octanol–water partition coefficient (Wildman–Crippen LogP) is 0.901. The van der Waals surface area contributed by atoms with E-state index in [1.165, 1.54) is 18.4 Å². The van der Waals surface area contributed by atoms with Gasteiger partial charge < -0.3 is 11.1 Å². The third kappa shape index (κ3) is 4.58. The Kier molecular flexibility index (Phi) is 5.95. The second-order valence-electron chi connectivity index (χ2n) is 5.32. The summed E-state index contributed by atoms with van der Waals surface area (Å²) < 4.78 is 0. The van der Waals surface area contributed by atoms with Gasteiger partial charge in [-0.15, -0.1) is 0 Å². The Hall–Kier alpha value is -1.46. The van der Waals surface area contributed by atoms with E-state index in [9.17, 15) is 4.79 Å². The summed E-state index contributed by atoms with van der Waals surface area (Å²) in [5.74, 6) is 0.0573. The van der Waals surface area contributed by atoms with Crippen molar-refractivity contribution in [2.45, 2.75) is 38.3 Å². The van der Waals surface area contributed by atoms with Crippen molar-refractivity contribution in [2.75, 3.05) is 19.6 Å². The number of aromatic nitrogens is 1. The van der Waals surface area contributed by atoms with E-state index in [4.69, 9.17) is 5.73 Å². The van der Waals surface area contributed by atoms with Crippen LogP contribution in [-0.4, -0.2) is 41.5 Å². The highest BCUT2D eigenvalue weighted by molar-refractivity contribution is 5.76. The lowest BCUT2D eigenvalue weighted by Crippen LogP contribution is -2.46. The summed E-state index contributed by atoms with van der Waals surface area (Å²) in [6.45, 7) is 3.17. The largest absolute Gasteiger partial charge is 0.354 e. The van der Waals surface area contributed by atoms with E-state index in [-0.39, 0.29) is 5.91 Å². The van der Waals surface area contributed by atoms with Gasteiger partial charge in [0, 0.05) is 44.5 Å². The molecule has 5 nitrogen and oxygen atoms in total. The van der Waals surface area contributed by atoms with Gasteiger partial charge in [-0.2, -0.15) is 0 Å². The standard InChI is InChI=1S/C15H24N4O/c16-7-4-15(20)18-11-14-3-1-2-10-19(14)12-13-5-8-17-9-6-13/h5-6,8-9,14H,1-4,7,10-12,16H2,(H,18,20). The Morgan fingerprint density at radius 2 is 2.20 bits per heavy atom. The van der Waals surface area contributed by atoms with Gasteiger partial charge in [0.1, 0.15) is 0 Å². The maximum absolute atomic E-state index is 11.5. The average molecular weight is 276 g/mol. The number of rotatable bonds is 6. The molecule has 1 unspecified atom stereocenters. The van der Waals surface area contributed by atoms with E-state index >= 15 is 0 Å². The summed E-state index contributed by atoms with van der Waals surface area (Å²) in [5.41, 5.74) is 6.67. The Morgan fingerprint density at radius 1 is 1.40 bits per heavy atom. The zero-order chi connectivity index (χ0) is 14.2. The SMILES string of the molecule is NCCC(=O)NCC1CCCCN1Cc1ccncc1. The highest BCUT2D eigenvalue weighted by Gasteiger charge is 2.22. The highest BCUT2D eigenvalue weighted by atomic mass is 16.1. The minimum atomic E-state index is 0.0573. The molecular weight excluding hydrogens is 252 g/mol. The predicted molar refractivity (Wildman–Crippen MR) is 79.0 cm³/mol. The number of nitrogens with zero attached hydrogens (tertiary/aromatic N) is 2.